The Balaban J connectivity index is 0.000000232. The van der Waals surface area contributed by atoms with Crippen LogP contribution < -0.4 is 34.0 Å². The zero-order chi connectivity index (χ0) is 43.8. The molecule has 0 spiro atoms. The van der Waals surface area contributed by atoms with Gasteiger partial charge in [-0.2, -0.15) is 0 Å². The Labute approximate surface area is 368 Å². The summed E-state index contributed by atoms with van der Waals surface area (Å²) in [6, 6.07) is 18.1. The van der Waals surface area contributed by atoms with Crippen molar-refractivity contribution in [3.8, 4) is 57.1 Å². The summed E-state index contributed by atoms with van der Waals surface area (Å²) in [4.78, 5) is 17.6. The lowest BCUT2D eigenvalue weighted by Gasteiger charge is -2.31. The van der Waals surface area contributed by atoms with Crippen LogP contribution in [0.4, 0.5) is 0 Å². The molecule has 2 aromatic heterocycles. The van der Waals surface area contributed by atoms with Gasteiger partial charge in [0, 0.05) is 23.6 Å². The SMILES string of the molecule is CCOc1ccc(Cc2nccc3cc(OCC)c(OCC)cc23)cc1OCC.COc1c(CC=C(C)C)c2c(c3oc(=O)c(-c4ccc(O)cc4)c(O)c13)C=CC(C)(C)O2.Cl. The second-order valence-corrected chi connectivity index (χ2v) is 15.1. The van der Waals surface area contributed by atoms with Crippen molar-refractivity contribution in [1.29, 1.82) is 0 Å². The lowest BCUT2D eigenvalue weighted by molar-refractivity contribution is 0.157. The summed E-state index contributed by atoms with van der Waals surface area (Å²) >= 11 is 0. The fraction of sp³-hybridized carbons (Fsp3) is 0.320. The minimum atomic E-state index is -0.694. The van der Waals surface area contributed by atoms with E-state index >= 15 is 0 Å². The van der Waals surface area contributed by atoms with Crippen molar-refractivity contribution in [3.05, 3.63) is 117 Å². The molecular weight excluding hydrogens is 810 g/mol. The van der Waals surface area contributed by atoms with E-state index in [1.165, 1.54) is 19.2 Å². The van der Waals surface area contributed by atoms with Gasteiger partial charge in [-0.1, -0.05) is 29.8 Å². The second-order valence-electron chi connectivity index (χ2n) is 15.1. The quantitative estimate of drug-likeness (QED) is 0.0799. The lowest BCUT2D eigenvalue weighted by Crippen LogP contribution is -2.28. The third kappa shape index (κ3) is 10.2. The number of ether oxygens (including phenoxy) is 6. The highest BCUT2D eigenvalue weighted by Crippen LogP contribution is 2.49. The fourth-order valence-electron chi connectivity index (χ4n) is 7.21. The van der Waals surface area contributed by atoms with Crippen molar-refractivity contribution >= 4 is 40.2 Å². The number of hydrogen-bond acceptors (Lipinski definition) is 11. The number of nitrogens with zero attached hydrogens (tertiary/aromatic N) is 1. The molecule has 0 atom stereocenters. The van der Waals surface area contributed by atoms with Gasteiger partial charge < -0.3 is 43.1 Å². The van der Waals surface area contributed by atoms with Crippen LogP contribution >= 0.6 is 12.4 Å². The molecule has 4 aromatic carbocycles. The predicted octanol–water partition coefficient (Wildman–Crippen LogP) is 11.4. The van der Waals surface area contributed by atoms with Crippen molar-refractivity contribution in [2.45, 2.75) is 73.8 Å². The van der Waals surface area contributed by atoms with Gasteiger partial charge in [0.05, 0.1) is 44.8 Å². The molecule has 0 saturated carbocycles. The first kappa shape index (κ1) is 46.7. The number of rotatable bonds is 14. The molecule has 0 radical (unpaired) electrons. The Morgan fingerprint density at radius 2 is 1.45 bits per heavy atom. The normalized spacial score (nSPS) is 12.3. The first-order valence-corrected chi connectivity index (χ1v) is 20.6. The molecule has 11 nitrogen and oxygen atoms in total. The van der Waals surface area contributed by atoms with Crippen LogP contribution in [0.5, 0.6) is 46.0 Å². The third-order valence-electron chi connectivity index (χ3n) is 9.95. The van der Waals surface area contributed by atoms with Crippen LogP contribution in [0.3, 0.4) is 0 Å². The molecule has 12 heteroatoms. The highest BCUT2D eigenvalue weighted by Gasteiger charge is 2.32. The van der Waals surface area contributed by atoms with Gasteiger partial charge in [-0.25, -0.2) is 4.79 Å². The van der Waals surface area contributed by atoms with E-state index in [0.29, 0.717) is 67.3 Å². The molecule has 0 aliphatic carbocycles. The van der Waals surface area contributed by atoms with Crippen molar-refractivity contribution in [2.75, 3.05) is 33.5 Å². The molecule has 3 heterocycles. The highest BCUT2D eigenvalue weighted by atomic mass is 35.5. The summed E-state index contributed by atoms with van der Waals surface area (Å²) in [5.41, 5.74) is 3.95. The van der Waals surface area contributed by atoms with E-state index in [2.05, 4.69) is 17.1 Å². The van der Waals surface area contributed by atoms with Crippen LogP contribution in [0.25, 0.3) is 38.9 Å². The van der Waals surface area contributed by atoms with Gasteiger partial charge in [0.1, 0.15) is 39.5 Å². The van der Waals surface area contributed by atoms with Crippen LogP contribution in [0.15, 0.2) is 93.8 Å². The van der Waals surface area contributed by atoms with E-state index in [1.807, 2.05) is 104 Å². The van der Waals surface area contributed by atoms with Crippen LogP contribution in [-0.4, -0.2) is 54.3 Å². The van der Waals surface area contributed by atoms with E-state index in [1.54, 1.807) is 12.1 Å². The molecule has 328 valence electrons. The maximum atomic E-state index is 12.9. The topological polar surface area (TPSA) is 139 Å². The van der Waals surface area contributed by atoms with Gasteiger partial charge in [-0.05, 0) is 133 Å². The summed E-state index contributed by atoms with van der Waals surface area (Å²) in [5, 5.41) is 23.3. The Bertz CT molecular complexity index is 2640. The summed E-state index contributed by atoms with van der Waals surface area (Å²) in [7, 11) is 1.52. The van der Waals surface area contributed by atoms with Crippen molar-refractivity contribution in [2.24, 2.45) is 0 Å². The first-order valence-electron chi connectivity index (χ1n) is 20.6. The number of pyridine rings is 1. The predicted molar refractivity (Wildman–Crippen MR) is 248 cm³/mol. The van der Waals surface area contributed by atoms with Crippen LogP contribution in [0.2, 0.25) is 0 Å². The standard InChI is InChI=1S/C26H26O6.C24H29NO4.ClH/c1-14(2)6-11-17-22-18(12-13-26(3,4)32-22)24-20(23(17)30-5)21(28)19(25(29)31-24)15-7-9-16(27)10-8-15;1-5-26-21-10-9-17(14-22(21)27-6-2)13-20-19-16-24(29-8-4)23(28-7-3)15-18(19)11-12-25-20;/h6-10,12-13,27-28H,11H2,1-5H3;9-12,14-16H,5-8,13H2,1-4H3;1H. The van der Waals surface area contributed by atoms with Crippen LogP contribution in [0, 0.1) is 0 Å². The van der Waals surface area contributed by atoms with Crippen LogP contribution in [0.1, 0.15) is 77.8 Å². The molecular formula is C50H56ClNO10. The molecule has 1 aliphatic rings. The fourth-order valence-corrected chi connectivity index (χ4v) is 7.21. The molecule has 1 aliphatic heterocycles. The number of fused-ring (bicyclic) bond motifs is 4. The number of allylic oxidation sites excluding steroid dienone is 2. The number of aromatic nitrogens is 1. The summed E-state index contributed by atoms with van der Waals surface area (Å²) in [5.74, 6) is 3.82. The smallest absolute Gasteiger partial charge is 0.348 e. The summed E-state index contributed by atoms with van der Waals surface area (Å²) in [6.07, 6.45) is 8.83. The number of halogens is 1. The van der Waals surface area contributed by atoms with Crippen molar-refractivity contribution < 1.29 is 43.1 Å². The Morgan fingerprint density at radius 3 is 2.08 bits per heavy atom. The third-order valence-corrected chi connectivity index (χ3v) is 9.95. The van der Waals surface area contributed by atoms with Crippen LogP contribution in [-0.2, 0) is 12.8 Å². The monoisotopic (exact) mass is 865 g/mol. The molecule has 0 unspecified atom stereocenters. The van der Waals surface area contributed by atoms with E-state index in [4.69, 9.17) is 32.8 Å². The molecule has 62 heavy (non-hydrogen) atoms. The number of aromatic hydroxyl groups is 2. The maximum Gasteiger partial charge on any atom is 0.348 e. The van der Waals surface area contributed by atoms with Gasteiger partial charge in [0.25, 0.3) is 0 Å². The molecule has 6 aromatic rings. The zero-order valence-corrected chi connectivity index (χ0v) is 37.7. The molecule has 0 bridgehead atoms. The van der Waals surface area contributed by atoms with Gasteiger partial charge >= 0.3 is 5.63 Å². The van der Waals surface area contributed by atoms with Gasteiger partial charge in [0.15, 0.2) is 28.6 Å². The minimum absolute atomic E-state index is 0. The van der Waals surface area contributed by atoms with Gasteiger partial charge in [-0.3, -0.25) is 4.98 Å². The van der Waals surface area contributed by atoms with Crippen molar-refractivity contribution in [1.82, 2.24) is 4.98 Å². The number of phenolic OH excluding ortho intramolecular Hbond substituents is 1. The van der Waals surface area contributed by atoms with E-state index in [9.17, 15) is 15.0 Å². The summed E-state index contributed by atoms with van der Waals surface area (Å²) in [6.45, 7) is 18.1. The molecule has 7 rings (SSSR count). The number of methoxy groups -OCH3 is 1. The maximum absolute atomic E-state index is 12.9. The van der Waals surface area contributed by atoms with Gasteiger partial charge in [-0.15, -0.1) is 12.4 Å². The molecule has 0 fully saturated rings. The number of phenols is 1. The van der Waals surface area contributed by atoms with Gasteiger partial charge in [0.2, 0.25) is 0 Å². The molecule has 0 saturated heterocycles. The van der Waals surface area contributed by atoms with E-state index < -0.39 is 11.2 Å². The number of benzene rings is 4. The number of hydrogen-bond donors (Lipinski definition) is 2. The Kier molecular flexibility index (Phi) is 15.4. The highest BCUT2D eigenvalue weighted by molar-refractivity contribution is 6.02. The summed E-state index contributed by atoms with van der Waals surface area (Å²) < 4.78 is 40.8. The van der Waals surface area contributed by atoms with E-state index in [-0.39, 0.29) is 35.1 Å². The molecule has 2 N–H and O–H groups in total. The first-order chi connectivity index (χ1) is 29.3. The zero-order valence-electron chi connectivity index (χ0n) is 36.8. The molecule has 0 amide bonds. The Hall–Kier alpha value is -6.33. The van der Waals surface area contributed by atoms with E-state index in [0.717, 1.165) is 56.2 Å². The average Bonchev–Trinajstić information content (AvgIpc) is 3.22. The lowest BCUT2D eigenvalue weighted by atomic mass is 9.93. The van der Waals surface area contributed by atoms with Crippen molar-refractivity contribution in [3.63, 3.8) is 0 Å². The second kappa shape index (κ2) is 20.5. The Morgan fingerprint density at radius 1 is 0.823 bits per heavy atom. The minimum Gasteiger partial charge on any atom is -0.508 e. The largest absolute Gasteiger partial charge is 0.508 e. The average molecular weight is 866 g/mol.